The predicted octanol–water partition coefficient (Wildman–Crippen LogP) is 3.66. The number of nitrogens with two attached hydrogens (primary N) is 1. The van der Waals surface area contributed by atoms with Crippen LogP contribution in [-0.2, 0) is 6.42 Å². The summed E-state index contributed by atoms with van der Waals surface area (Å²) in [7, 11) is 0. The number of halogens is 2. The second-order valence-corrected chi connectivity index (χ2v) is 5.01. The van der Waals surface area contributed by atoms with E-state index in [1.54, 1.807) is 13.0 Å². The zero-order valence-electron chi connectivity index (χ0n) is 11.4. The maximum Gasteiger partial charge on any atom is 0.197 e. The average Bonchev–Trinajstić information content (AvgIpc) is 2.84. The van der Waals surface area contributed by atoms with Crippen molar-refractivity contribution in [2.45, 2.75) is 19.4 Å². The smallest absolute Gasteiger partial charge is 0.197 e. The lowest BCUT2D eigenvalue weighted by molar-refractivity contribution is 0.489. The number of rotatable bonds is 3. The first-order valence-electron chi connectivity index (χ1n) is 6.60. The first-order chi connectivity index (χ1) is 10.0. The van der Waals surface area contributed by atoms with Gasteiger partial charge in [0.1, 0.15) is 17.2 Å². The zero-order chi connectivity index (χ0) is 15.0. The number of benzene rings is 2. The van der Waals surface area contributed by atoms with Gasteiger partial charge in [-0.05, 0) is 30.7 Å². The van der Waals surface area contributed by atoms with Crippen LogP contribution in [0.4, 0.5) is 8.78 Å². The fourth-order valence-electron chi connectivity index (χ4n) is 2.27. The van der Waals surface area contributed by atoms with Gasteiger partial charge in [0.15, 0.2) is 11.5 Å². The molecule has 1 unspecified atom stereocenters. The van der Waals surface area contributed by atoms with Gasteiger partial charge >= 0.3 is 0 Å². The molecular formula is C16H14F2N2O. The Kier molecular flexibility index (Phi) is 3.43. The van der Waals surface area contributed by atoms with Gasteiger partial charge in [-0.2, -0.15) is 0 Å². The predicted molar refractivity (Wildman–Crippen MR) is 75.7 cm³/mol. The van der Waals surface area contributed by atoms with Gasteiger partial charge in [-0.15, -0.1) is 0 Å². The van der Waals surface area contributed by atoms with Crippen molar-refractivity contribution in [3.05, 3.63) is 65.1 Å². The van der Waals surface area contributed by atoms with E-state index < -0.39 is 17.7 Å². The van der Waals surface area contributed by atoms with E-state index in [-0.39, 0.29) is 12.0 Å². The normalized spacial score (nSPS) is 12.8. The molecule has 1 heterocycles. The molecule has 0 amide bonds. The second kappa shape index (κ2) is 5.26. The molecule has 0 saturated carbocycles. The Balaban J connectivity index is 1.89. The molecule has 2 N–H and O–H groups in total. The van der Waals surface area contributed by atoms with Gasteiger partial charge in [-0.25, -0.2) is 13.8 Å². The summed E-state index contributed by atoms with van der Waals surface area (Å²) in [6.07, 6.45) is 0.247. The van der Waals surface area contributed by atoms with Crippen molar-refractivity contribution in [2.75, 3.05) is 0 Å². The summed E-state index contributed by atoms with van der Waals surface area (Å²) in [5.41, 5.74) is 8.02. The molecule has 21 heavy (non-hydrogen) atoms. The van der Waals surface area contributed by atoms with Crippen molar-refractivity contribution in [1.82, 2.24) is 4.98 Å². The van der Waals surface area contributed by atoms with Gasteiger partial charge in [0.25, 0.3) is 0 Å². The summed E-state index contributed by atoms with van der Waals surface area (Å²) < 4.78 is 32.7. The van der Waals surface area contributed by atoms with Crippen LogP contribution in [0.5, 0.6) is 0 Å². The topological polar surface area (TPSA) is 52.0 Å². The van der Waals surface area contributed by atoms with Crippen LogP contribution in [0.15, 0.2) is 40.8 Å². The van der Waals surface area contributed by atoms with Crippen LogP contribution in [0.2, 0.25) is 0 Å². The molecule has 3 aromatic rings. The largest absolute Gasteiger partial charge is 0.441 e. The molecule has 3 nitrogen and oxygen atoms in total. The van der Waals surface area contributed by atoms with Crippen molar-refractivity contribution >= 4 is 11.1 Å². The highest BCUT2D eigenvalue weighted by Gasteiger charge is 2.17. The standard InChI is InChI=1S/C16H14F2N2O/c1-9-6-10(12(18)7-11(9)17)13(19)8-16-20-14-4-2-3-5-15(14)21-16/h2-7,13H,8,19H2,1H3. The number of hydrogen-bond donors (Lipinski definition) is 1. The van der Waals surface area contributed by atoms with Gasteiger partial charge in [0.05, 0.1) is 0 Å². The molecule has 3 rings (SSSR count). The number of oxazole rings is 1. The van der Waals surface area contributed by atoms with Crippen molar-refractivity contribution in [3.63, 3.8) is 0 Å². The molecule has 108 valence electrons. The van der Waals surface area contributed by atoms with Crippen molar-refractivity contribution in [2.24, 2.45) is 5.73 Å². The Morgan fingerprint density at radius 2 is 1.95 bits per heavy atom. The van der Waals surface area contributed by atoms with E-state index >= 15 is 0 Å². The Hall–Kier alpha value is -2.27. The lowest BCUT2D eigenvalue weighted by atomic mass is 10.0. The fraction of sp³-hybridized carbons (Fsp3) is 0.188. The second-order valence-electron chi connectivity index (χ2n) is 5.01. The monoisotopic (exact) mass is 288 g/mol. The Morgan fingerprint density at radius 3 is 2.71 bits per heavy atom. The van der Waals surface area contributed by atoms with Gasteiger partial charge in [0.2, 0.25) is 0 Å². The molecule has 0 aliphatic carbocycles. The highest BCUT2D eigenvalue weighted by Crippen LogP contribution is 2.23. The third-order valence-electron chi connectivity index (χ3n) is 3.41. The molecule has 1 aromatic heterocycles. The van der Waals surface area contributed by atoms with Crippen LogP contribution in [0.1, 0.15) is 23.1 Å². The van der Waals surface area contributed by atoms with Crippen molar-refractivity contribution in [1.29, 1.82) is 0 Å². The average molecular weight is 288 g/mol. The minimum atomic E-state index is -0.651. The van der Waals surface area contributed by atoms with Crippen molar-refractivity contribution < 1.29 is 13.2 Å². The maximum absolute atomic E-state index is 13.8. The van der Waals surface area contributed by atoms with E-state index in [1.165, 1.54) is 6.07 Å². The summed E-state index contributed by atoms with van der Waals surface area (Å²) in [6, 6.07) is 8.99. The van der Waals surface area contributed by atoms with E-state index in [0.717, 1.165) is 11.6 Å². The molecule has 0 bridgehead atoms. The molecule has 0 aliphatic rings. The summed E-state index contributed by atoms with van der Waals surface area (Å²) in [5.74, 6) is -0.794. The first-order valence-corrected chi connectivity index (χ1v) is 6.60. The lowest BCUT2D eigenvalue weighted by Crippen LogP contribution is -2.16. The van der Waals surface area contributed by atoms with Gasteiger partial charge in [0, 0.05) is 24.1 Å². The minimum Gasteiger partial charge on any atom is -0.441 e. The molecule has 5 heteroatoms. The number of aryl methyl sites for hydroxylation is 1. The summed E-state index contributed by atoms with van der Waals surface area (Å²) >= 11 is 0. The van der Waals surface area contributed by atoms with E-state index in [1.807, 2.05) is 18.2 Å². The minimum absolute atomic E-state index is 0.247. The summed E-state index contributed by atoms with van der Waals surface area (Å²) in [4.78, 5) is 4.30. The van der Waals surface area contributed by atoms with Gasteiger partial charge in [-0.3, -0.25) is 0 Å². The number of aromatic nitrogens is 1. The third kappa shape index (κ3) is 2.64. The first kappa shape index (κ1) is 13.7. The maximum atomic E-state index is 13.8. The van der Waals surface area contributed by atoms with Crippen LogP contribution < -0.4 is 5.73 Å². The highest BCUT2D eigenvalue weighted by molar-refractivity contribution is 5.72. The van der Waals surface area contributed by atoms with Crippen LogP contribution in [0, 0.1) is 18.6 Å². The SMILES string of the molecule is Cc1cc(C(N)Cc2nc3ccccc3o2)c(F)cc1F. The summed E-state index contributed by atoms with van der Waals surface area (Å²) in [5, 5.41) is 0. The molecule has 2 aromatic carbocycles. The van der Waals surface area contributed by atoms with E-state index in [0.29, 0.717) is 17.0 Å². The number of nitrogens with zero attached hydrogens (tertiary/aromatic N) is 1. The van der Waals surface area contributed by atoms with Crippen molar-refractivity contribution in [3.8, 4) is 0 Å². The molecule has 0 spiro atoms. The molecular weight excluding hydrogens is 274 g/mol. The zero-order valence-corrected chi connectivity index (χ0v) is 11.4. The Labute approximate surface area is 120 Å². The molecule has 0 saturated heterocycles. The number of hydrogen-bond acceptors (Lipinski definition) is 3. The highest BCUT2D eigenvalue weighted by atomic mass is 19.1. The van der Waals surface area contributed by atoms with E-state index in [4.69, 9.17) is 10.2 Å². The van der Waals surface area contributed by atoms with Gasteiger partial charge < -0.3 is 10.2 Å². The van der Waals surface area contributed by atoms with Crippen LogP contribution >= 0.6 is 0 Å². The van der Waals surface area contributed by atoms with Crippen LogP contribution in [-0.4, -0.2) is 4.98 Å². The Morgan fingerprint density at radius 1 is 1.19 bits per heavy atom. The van der Waals surface area contributed by atoms with Gasteiger partial charge in [-0.1, -0.05) is 12.1 Å². The van der Waals surface area contributed by atoms with E-state index in [2.05, 4.69) is 4.98 Å². The quantitative estimate of drug-likeness (QED) is 0.800. The third-order valence-corrected chi connectivity index (χ3v) is 3.41. The van der Waals surface area contributed by atoms with Crippen LogP contribution in [0.3, 0.4) is 0 Å². The lowest BCUT2D eigenvalue weighted by Gasteiger charge is -2.12. The molecule has 1 atom stereocenters. The summed E-state index contributed by atoms with van der Waals surface area (Å²) in [6.45, 7) is 1.57. The Bertz CT molecular complexity index is 765. The molecule has 0 radical (unpaired) electrons. The fourth-order valence-corrected chi connectivity index (χ4v) is 2.27. The molecule has 0 fully saturated rings. The number of fused-ring (bicyclic) bond motifs is 1. The van der Waals surface area contributed by atoms with E-state index in [9.17, 15) is 8.78 Å². The van der Waals surface area contributed by atoms with Crippen LogP contribution in [0.25, 0.3) is 11.1 Å². The molecule has 0 aliphatic heterocycles. The number of para-hydroxylation sites is 2.